The smallest absolute Gasteiger partial charge is 0.180 e. The van der Waals surface area contributed by atoms with Gasteiger partial charge in [0.15, 0.2) is 5.13 Å². The molecular weight excluding hydrogens is 290 g/mol. The number of aryl methyl sites for hydroxylation is 1. The molecule has 5 heteroatoms. The molecule has 0 bridgehead atoms. The zero-order chi connectivity index (χ0) is 13.7. The van der Waals surface area contributed by atoms with Gasteiger partial charge >= 0.3 is 0 Å². The number of nitrogens with zero attached hydrogens (tertiary/aromatic N) is 1. The van der Waals surface area contributed by atoms with E-state index in [1.54, 1.807) is 11.3 Å². The molecule has 1 aromatic carbocycles. The molecule has 0 amide bonds. The van der Waals surface area contributed by atoms with Crippen LogP contribution in [0.3, 0.4) is 0 Å². The van der Waals surface area contributed by atoms with Gasteiger partial charge in [-0.1, -0.05) is 30.3 Å². The van der Waals surface area contributed by atoms with Crippen molar-refractivity contribution in [2.45, 2.75) is 38.8 Å². The van der Waals surface area contributed by atoms with Gasteiger partial charge in [0.2, 0.25) is 0 Å². The molecule has 0 radical (unpaired) electrons. The Labute approximate surface area is 131 Å². The summed E-state index contributed by atoms with van der Waals surface area (Å²) in [4.78, 5) is 5.25. The molecule has 2 aromatic rings. The fourth-order valence-electron chi connectivity index (χ4n) is 1.92. The van der Waals surface area contributed by atoms with Crippen molar-refractivity contribution < 1.29 is 0 Å². The van der Waals surface area contributed by atoms with Crippen molar-refractivity contribution in [3.8, 4) is 0 Å². The second-order valence-corrected chi connectivity index (χ2v) is 6.53. The van der Waals surface area contributed by atoms with E-state index in [-0.39, 0.29) is 17.9 Å². The van der Waals surface area contributed by atoms with Crippen LogP contribution in [0.5, 0.6) is 0 Å². The van der Waals surface area contributed by atoms with E-state index in [2.05, 4.69) is 54.5 Å². The Morgan fingerprint density at radius 1 is 1.25 bits per heavy atom. The average Bonchev–Trinajstić information content (AvgIpc) is 2.82. The van der Waals surface area contributed by atoms with Gasteiger partial charge in [0, 0.05) is 23.2 Å². The number of halogens is 1. The molecule has 3 N–H and O–H groups in total. The predicted octanol–water partition coefficient (Wildman–Crippen LogP) is 3.65. The van der Waals surface area contributed by atoms with E-state index in [1.165, 1.54) is 10.4 Å². The van der Waals surface area contributed by atoms with Crippen LogP contribution in [0.1, 0.15) is 30.7 Å². The first-order chi connectivity index (χ1) is 9.05. The summed E-state index contributed by atoms with van der Waals surface area (Å²) < 4.78 is 0. The molecule has 0 aliphatic rings. The van der Waals surface area contributed by atoms with Crippen molar-refractivity contribution in [1.82, 2.24) is 10.3 Å². The summed E-state index contributed by atoms with van der Waals surface area (Å²) in [5.74, 6) is 0. The quantitative estimate of drug-likeness (QED) is 0.856. The maximum atomic E-state index is 5.63. The summed E-state index contributed by atoms with van der Waals surface area (Å²) in [5.41, 5.74) is 7.13. The van der Waals surface area contributed by atoms with E-state index in [9.17, 15) is 0 Å². The van der Waals surface area contributed by atoms with Crippen molar-refractivity contribution in [1.29, 1.82) is 0 Å². The van der Waals surface area contributed by atoms with Crippen LogP contribution in [0.25, 0.3) is 0 Å². The summed E-state index contributed by atoms with van der Waals surface area (Å²) in [6.45, 7) is 5.30. The number of rotatable bonds is 6. The molecule has 0 spiro atoms. The van der Waals surface area contributed by atoms with Crippen LogP contribution in [-0.2, 0) is 13.0 Å². The van der Waals surface area contributed by atoms with Crippen LogP contribution < -0.4 is 11.1 Å². The van der Waals surface area contributed by atoms with Gasteiger partial charge in [-0.3, -0.25) is 0 Å². The van der Waals surface area contributed by atoms with Gasteiger partial charge in [0.05, 0.1) is 0 Å². The lowest BCUT2D eigenvalue weighted by atomic mass is 9.95. The van der Waals surface area contributed by atoms with Gasteiger partial charge in [-0.2, -0.15) is 0 Å². The highest BCUT2D eigenvalue weighted by molar-refractivity contribution is 7.15. The van der Waals surface area contributed by atoms with Crippen LogP contribution in [0.2, 0.25) is 0 Å². The molecule has 0 atom stereocenters. The average molecular weight is 312 g/mol. The molecule has 1 aromatic heterocycles. The fourth-order valence-corrected chi connectivity index (χ4v) is 2.54. The highest BCUT2D eigenvalue weighted by Crippen LogP contribution is 2.18. The Kier molecular flexibility index (Phi) is 6.46. The van der Waals surface area contributed by atoms with E-state index in [0.29, 0.717) is 5.13 Å². The number of anilines is 1. The monoisotopic (exact) mass is 311 g/mol. The largest absolute Gasteiger partial charge is 0.375 e. The zero-order valence-electron chi connectivity index (χ0n) is 11.9. The molecule has 0 fully saturated rings. The molecular formula is C15H22ClN3S. The fraction of sp³-hybridized carbons (Fsp3) is 0.400. The summed E-state index contributed by atoms with van der Waals surface area (Å²) >= 11 is 1.55. The Morgan fingerprint density at radius 2 is 1.95 bits per heavy atom. The number of benzene rings is 1. The van der Waals surface area contributed by atoms with E-state index in [0.717, 1.165) is 19.4 Å². The predicted molar refractivity (Wildman–Crippen MR) is 89.5 cm³/mol. The van der Waals surface area contributed by atoms with E-state index < -0.39 is 0 Å². The van der Waals surface area contributed by atoms with E-state index in [1.807, 2.05) is 6.20 Å². The number of hydrogen-bond donors (Lipinski definition) is 2. The summed E-state index contributed by atoms with van der Waals surface area (Å²) in [6, 6.07) is 10.6. The second kappa shape index (κ2) is 7.62. The zero-order valence-corrected chi connectivity index (χ0v) is 13.6. The third kappa shape index (κ3) is 5.49. The third-order valence-electron chi connectivity index (χ3n) is 3.19. The number of nitrogens with two attached hydrogens (primary N) is 1. The first-order valence-electron chi connectivity index (χ1n) is 6.54. The van der Waals surface area contributed by atoms with Crippen molar-refractivity contribution in [3.63, 3.8) is 0 Å². The minimum absolute atomic E-state index is 0. The molecule has 0 aliphatic carbocycles. The lowest BCUT2D eigenvalue weighted by Gasteiger charge is -2.26. The molecule has 2 rings (SSSR count). The highest BCUT2D eigenvalue weighted by Gasteiger charge is 2.17. The Bertz CT molecular complexity index is 511. The highest BCUT2D eigenvalue weighted by atomic mass is 35.5. The number of aromatic nitrogens is 1. The Morgan fingerprint density at radius 3 is 2.55 bits per heavy atom. The van der Waals surface area contributed by atoms with Crippen LogP contribution in [-0.4, -0.2) is 10.5 Å². The van der Waals surface area contributed by atoms with E-state index >= 15 is 0 Å². The topological polar surface area (TPSA) is 50.9 Å². The second-order valence-electron chi connectivity index (χ2n) is 5.39. The lowest BCUT2D eigenvalue weighted by molar-refractivity contribution is 0.361. The Balaban J connectivity index is 0.00000200. The lowest BCUT2D eigenvalue weighted by Crippen LogP contribution is -2.38. The standard InChI is InChI=1S/C15H21N3S.ClH/c1-15(2,9-8-12-6-4-3-5-7-12)18-11-13-10-17-14(16)19-13;/h3-7,10,18H,8-9,11H2,1-2H3,(H2,16,17);1H. The number of nitrogen functional groups attached to an aromatic ring is 1. The maximum Gasteiger partial charge on any atom is 0.180 e. The van der Waals surface area contributed by atoms with Crippen molar-refractivity contribution in [2.75, 3.05) is 5.73 Å². The summed E-state index contributed by atoms with van der Waals surface area (Å²) in [7, 11) is 0. The first kappa shape index (κ1) is 17.0. The minimum Gasteiger partial charge on any atom is -0.375 e. The van der Waals surface area contributed by atoms with Crippen LogP contribution in [0.4, 0.5) is 5.13 Å². The molecule has 3 nitrogen and oxygen atoms in total. The van der Waals surface area contributed by atoms with Crippen molar-refractivity contribution in [2.24, 2.45) is 0 Å². The van der Waals surface area contributed by atoms with Gasteiger partial charge in [0.25, 0.3) is 0 Å². The molecule has 110 valence electrons. The van der Waals surface area contributed by atoms with Gasteiger partial charge in [-0.25, -0.2) is 4.98 Å². The number of thiazole rings is 1. The third-order valence-corrected chi connectivity index (χ3v) is 4.02. The number of nitrogens with one attached hydrogen (secondary N) is 1. The van der Waals surface area contributed by atoms with E-state index in [4.69, 9.17) is 5.73 Å². The van der Waals surface area contributed by atoms with Gasteiger partial charge in [0.1, 0.15) is 0 Å². The number of hydrogen-bond acceptors (Lipinski definition) is 4. The Hall–Kier alpha value is -1.10. The van der Waals surface area contributed by atoms with Crippen molar-refractivity contribution in [3.05, 3.63) is 47.0 Å². The summed E-state index contributed by atoms with van der Waals surface area (Å²) in [6.07, 6.45) is 4.04. The molecule has 1 heterocycles. The molecule has 0 saturated carbocycles. The molecule has 20 heavy (non-hydrogen) atoms. The van der Waals surface area contributed by atoms with Gasteiger partial charge in [-0.05, 0) is 32.3 Å². The molecule has 0 aliphatic heterocycles. The minimum atomic E-state index is 0. The van der Waals surface area contributed by atoms with Crippen LogP contribution in [0, 0.1) is 0 Å². The maximum absolute atomic E-state index is 5.63. The first-order valence-corrected chi connectivity index (χ1v) is 7.36. The van der Waals surface area contributed by atoms with Crippen molar-refractivity contribution >= 4 is 28.9 Å². The van der Waals surface area contributed by atoms with Gasteiger partial charge in [-0.15, -0.1) is 23.7 Å². The molecule has 0 unspecified atom stereocenters. The molecule has 0 saturated heterocycles. The van der Waals surface area contributed by atoms with Crippen LogP contribution >= 0.6 is 23.7 Å². The summed E-state index contributed by atoms with van der Waals surface area (Å²) in [5, 5.41) is 4.21. The van der Waals surface area contributed by atoms with Gasteiger partial charge < -0.3 is 11.1 Å². The van der Waals surface area contributed by atoms with Crippen LogP contribution in [0.15, 0.2) is 36.5 Å². The SMILES string of the molecule is CC(C)(CCc1ccccc1)NCc1cnc(N)s1.Cl. The normalized spacial score (nSPS) is 11.1.